The molecule has 4 rings (SSSR count). The third-order valence-electron chi connectivity index (χ3n) is 5.21. The predicted octanol–water partition coefficient (Wildman–Crippen LogP) is 2.14. The zero-order valence-electron chi connectivity index (χ0n) is 10.5. The second-order valence-corrected chi connectivity index (χ2v) is 6.17. The van der Waals surface area contributed by atoms with Crippen molar-refractivity contribution in [1.82, 2.24) is 0 Å². The van der Waals surface area contributed by atoms with Crippen LogP contribution in [-0.4, -0.2) is 38.1 Å². The highest BCUT2D eigenvalue weighted by Gasteiger charge is 2.64. The van der Waals surface area contributed by atoms with Gasteiger partial charge in [0.15, 0.2) is 0 Å². The van der Waals surface area contributed by atoms with Gasteiger partial charge >= 0.3 is 0 Å². The number of hydrogen-bond donors (Lipinski definition) is 0. The van der Waals surface area contributed by atoms with E-state index >= 15 is 0 Å². The average Bonchev–Trinajstić information content (AvgIpc) is 2.28. The van der Waals surface area contributed by atoms with E-state index < -0.39 is 0 Å². The lowest BCUT2D eigenvalue weighted by atomic mass is 9.50. The van der Waals surface area contributed by atoms with E-state index in [0.717, 1.165) is 25.2 Å². The summed E-state index contributed by atoms with van der Waals surface area (Å²) in [6.45, 7) is 0. The number of hydrogen-bond acceptors (Lipinski definition) is 3. The molecule has 92 valence electrons. The van der Waals surface area contributed by atoms with Crippen LogP contribution in [0.5, 0.6) is 0 Å². The van der Waals surface area contributed by atoms with Crippen LogP contribution in [0.15, 0.2) is 0 Å². The Morgan fingerprint density at radius 2 is 1.00 bits per heavy atom. The van der Waals surface area contributed by atoms with Gasteiger partial charge in [0.25, 0.3) is 0 Å². The molecule has 4 saturated carbocycles. The molecule has 0 amide bonds. The van der Waals surface area contributed by atoms with Crippen molar-refractivity contribution in [2.24, 2.45) is 5.92 Å². The Labute approximate surface area is 97.4 Å². The van der Waals surface area contributed by atoms with Crippen LogP contribution < -0.4 is 0 Å². The van der Waals surface area contributed by atoms with Gasteiger partial charge in [-0.1, -0.05) is 0 Å². The molecular weight excluding hydrogens is 204 g/mol. The third-order valence-corrected chi connectivity index (χ3v) is 5.21. The van der Waals surface area contributed by atoms with Crippen LogP contribution in [0.25, 0.3) is 0 Å². The minimum Gasteiger partial charge on any atom is -0.378 e. The smallest absolute Gasteiger partial charge is 0.0736 e. The molecule has 0 radical (unpaired) electrons. The molecule has 0 heterocycles. The van der Waals surface area contributed by atoms with Gasteiger partial charge in [0.1, 0.15) is 0 Å². The Kier molecular flexibility index (Phi) is 2.21. The van der Waals surface area contributed by atoms with Crippen molar-refractivity contribution in [3.05, 3.63) is 0 Å². The first-order valence-corrected chi connectivity index (χ1v) is 6.24. The molecule has 0 aromatic carbocycles. The minimum atomic E-state index is 0.0193. The summed E-state index contributed by atoms with van der Waals surface area (Å²) in [5.74, 6) is 0.719. The van der Waals surface area contributed by atoms with Crippen LogP contribution in [0.2, 0.25) is 0 Å². The van der Waals surface area contributed by atoms with Gasteiger partial charge in [-0.15, -0.1) is 0 Å². The second-order valence-electron chi connectivity index (χ2n) is 6.17. The van der Waals surface area contributed by atoms with Gasteiger partial charge in [0.05, 0.1) is 16.8 Å². The van der Waals surface area contributed by atoms with Crippen molar-refractivity contribution >= 4 is 0 Å². The Hall–Kier alpha value is -0.120. The van der Waals surface area contributed by atoms with Crippen LogP contribution in [0.4, 0.5) is 0 Å². The van der Waals surface area contributed by atoms with Crippen molar-refractivity contribution in [3.63, 3.8) is 0 Å². The lowest BCUT2D eigenvalue weighted by Gasteiger charge is -2.64. The zero-order chi connectivity index (χ0) is 11.4. The fourth-order valence-electron chi connectivity index (χ4n) is 4.86. The summed E-state index contributed by atoms with van der Waals surface area (Å²) in [5, 5.41) is 0. The molecule has 0 spiro atoms. The largest absolute Gasteiger partial charge is 0.378 e. The van der Waals surface area contributed by atoms with E-state index in [9.17, 15) is 0 Å². The van der Waals surface area contributed by atoms with E-state index in [1.54, 1.807) is 0 Å². The third kappa shape index (κ3) is 1.31. The fourth-order valence-corrected chi connectivity index (χ4v) is 4.86. The first-order chi connectivity index (χ1) is 7.59. The molecule has 0 saturated heterocycles. The van der Waals surface area contributed by atoms with Gasteiger partial charge in [0, 0.05) is 40.6 Å². The maximum Gasteiger partial charge on any atom is 0.0736 e. The van der Waals surface area contributed by atoms with Gasteiger partial charge in [-0.2, -0.15) is 0 Å². The van der Waals surface area contributed by atoms with E-state index in [0.29, 0.717) is 0 Å². The summed E-state index contributed by atoms with van der Waals surface area (Å²) in [7, 11) is 5.54. The molecule has 0 aromatic rings. The number of rotatable bonds is 3. The van der Waals surface area contributed by atoms with Crippen molar-refractivity contribution in [2.75, 3.05) is 21.3 Å². The first kappa shape index (κ1) is 11.0. The summed E-state index contributed by atoms with van der Waals surface area (Å²) in [5.41, 5.74) is 0.0578. The summed E-state index contributed by atoms with van der Waals surface area (Å²) in [6.07, 6.45) is 6.73. The lowest BCUT2D eigenvalue weighted by molar-refractivity contribution is -0.274. The van der Waals surface area contributed by atoms with Crippen molar-refractivity contribution in [1.29, 1.82) is 0 Å². The summed E-state index contributed by atoms with van der Waals surface area (Å²) in [4.78, 5) is 0. The fraction of sp³-hybridized carbons (Fsp3) is 1.00. The molecule has 4 fully saturated rings. The van der Waals surface area contributed by atoms with Crippen LogP contribution in [0.3, 0.4) is 0 Å². The molecule has 4 aliphatic carbocycles. The number of methoxy groups -OCH3 is 3. The maximum absolute atomic E-state index is 5.84. The Bertz CT molecular complexity index is 246. The monoisotopic (exact) mass is 226 g/mol. The van der Waals surface area contributed by atoms with Crippen LogP contribution in [-0.2, 0) is 14.2 Å². The zero-order valence-corrected chi connectivity index (χ0v) is 10.5. The molecule has 3 heteroatoms. The molecule has 4 aliphatic rings. The Morgan fingerprint density at radius 3 is 1.25 bits per heavy atom. The lowest BCUT2D eigenvalue weighted by Crippen LogP contribution is -2.67. The second kappa shape index (κ2) is 3.21. The highest BCUT2D eigenvalue weighted by molar-refractivity contribution is 5.17. The van der Waals surface area contributed by atoms with Gasteiger partial charge < -0.3 is 14.2 Å². The Morgan fingerprint density at radius 1 is 0.688 bits per heavy atom. The quantitative estimate of drug-likeness (QED) is 0.738. The molecule has 16 heavy (non-hydrogen) atoms. The molecule has 4 bridgehead atoms. The molecule has 0 N–H and O–H groups in total. The van der Waals surface area contributed by atoms with E-state index in [-0.39, 0.29) is 16.8 Å². The SMILES string of the molecule is COC12CC3CC(OC)(C1)CC(OC)(C3)C2. The van der Waals surface area contributed by atoms with Gasteiger partial charge in [-0.05, 0) is 25.2 Å². The number of ether oxygens (including phenoxy) is 3. The van der Waals surface area contributed by atoms with Crippen LogP contribution >= 0.6 is 0 Å². The van der Waals surface area contributed by atoms with Crippen molar-refractivity contribution < 1.29 is 14.2 Å². The van der Waals surface area contributed by atoms with Crippen molar-refractivity contribution in [3.8, 4) is 0 Å². The highest BCUT2D eigenvalue weighted by Crippen LogP contribution is 2.62. The molecular formula is C13H22O3. The van der Waals surface area contributed by atoms with Gasteiger partial charge in [-0.25, -0.2) is 0 Å². The molecule has 0 atom stereocenters. The molecule has 0 aromatic heterocycles. The van der Waals surface area contributed by atoms with E-state index in [2.05, 4.69) is 0 Å². The molecule has 0 unspecified atom stereocenters. The van der Waals surface area contributed by atoms with Crippen LogP contribution in [0.1, 0.15) is 38.5 Å². The van der Waals surface area contributed by atoms with E-state index in [1.807, 2.05) is 21.3 Å². The molecule has 0 aliphatic heterocycles. The first-order valence-electron chi connectivity index (χ1n) is 6.24. The molecule has 3 nitrogen and oxygen atoms in total. The maximum atomic E-state index is 5.84. The summed E-state index contributed by atoms with van der Waals surface area (Å²) in [6, 6.07) is 0. The summed E-state index contributed by atoms with van der Waals surface area (Å²) < 4.78 is 17.5. The summed E-state index contributed by atoms with van der Waals surface area (Å²) >= 11 is 0. The van der Waals surface area contributed by atoms with Crippen molar-refractivity contribution in [2.45, 2.75) is 55.3 Å². The topological polar surface area (TPSA) is 27.7 Å². The van der Waals surface area contributed by atoms with Gasteiger partial charge in [0.2, 0.25) is 0 Å². The Balaban J connectivity index is 1.99. The van der Waals surface area contributed by atoms with E-state index in [4.69, 9.17) is 14.2 Å². The minimum absolute atomic E-state index is 0.0193. The predicted molar refractivity (Wildman–Crippen MR) is 60.4 cm³/mol. The average molecular weight is 226 g/mol. The van der Waals surface area contributed by atoms with Crippen LogP contribution in [0, 0.1) is 5.92 Å². The standard InChI is InChI=1S/C13H22O3/c1-14-11-4-10-5-12(7-11,15-2)9-13(6-10,8-11)16-3/h10H,4-9H2,1-3H3. The highest BCUT2D eigenvalue weighted by atomic mass is 16.5. The van der Waals surface area contributed by atoms with E-state index in [1.165, 1.54) is 19.3 Å². The van der Waals surface area contributed by atoms with Gasteiger partial charge in [-0.3, -0.25) is 0 Å². The normalized spacial score (nSPS) is 54.6.